The minimum Gasteiger partial charge on any atom is -0.479 e. The standard InChI is InChI=1S/C18H20N2O4/c1-20(18(17(22)23)10-6-3-7-11-18)16(21)14-12-24-15(19-14)13-8-4-2-5-9-13/h2,4-5,8-9,12H,3,6-7,10-11H2,1H3,(H,22,23). The van der Waals surface area contributed by atoms with Crippen LogP contribution < -0.4 is 0 Å². The Balaban J connectivity index is 1.86. The van der Waals surface area contributed by atoms with E-state index in [2.05, 4.69) is 4.98 Å². The first-order valence-corrected chi connectivity index (χ1v) is 8.07. The molecule has 1 aromatic heterocycles. The van der Waals surface area contributed by atoms with Gasteiger partial charge in [-0.25, -0.2) is 9.78 Å². The maximum Gasteiger partial charge on any atom is 0.329 e. The van der Waals surface area contributed by atoms with Crippen LogP contribution in [-0.2, 0) is 4.79 Å². The van der Waals surface area contributed by atoms with Crippen LogP contribution in [0.15, 0.2) is 41.0 Å². The molecule has 0 saturated heterocycles. The van der Waals surface area contributed by atoms with Crippen LogP contribution in [0.2, 0.25) is 0 Å². The Bertz CT molecular complexity index is 732. The van der Waals surface area contributed by atoms with E-state index in [0.29, 0.717) is 18.7 Å². The maximum atomic E-state index is 12.7. The third-order valence-corrected chi connectivity index (χ3v) is 4.77. The summed E-state index contributed by atoms with van der Waals surface area (Å²) in [6.45, 7) is 0. The van der Waals surface area contributed by atoms with Gasteiger partial charge in [-0.2, -0.15) is 0 Å². The van der Waals surface area contributed by atoms with Crippen molar-refractivity contribution < 1.29 is 19.1 Å². The van der Waals surface area contributed by atoms with Gasteiger partial charge in [-0.15, -0.1) is 0 Å². The quantitative estimate of drug-likeness (QED) is 0.932. The van der Waals surface area contributed by atoms with Crippen molar-refractivity contribution in [2.75, 3.05) is 7.05 Å². The molecule has 1 fully saturated rings. The number of carboxylic acids is 1. The van der Waals surface area contributed by atoms with Crippen LogP contribution in [0, 0.1) is 0 Å². The summed E-state index contributed by atoms with van der Waals surface area (Å²) in [5, 5.41) is 9.70. The first-order chi connectivity index (χ1) is 11.5. The highest BCUT2D eigenvalue weighted by Crippen LogP contribution is 2.34. The molecular formula is C18H20N2O4. The number of aromatic nitrogens is 1. The first kappa shape index (κ1) is 16.2. The van der Waals surface area contributed by atoms with Crippen molar-refractivity contribution in [2.24, 2.45) is 0 Å². The molecule has 0 atom stereocenters. The van der Waals surface area contributed by atoms with Gasteiger partial charge in [-0.05, 0) is 25.0 Å². The monoisotopic (exact) mass is 328 g/mol. The van der Waals surface area contributed by atoms with E-state index >= 15 is 0 Å². The summed E-state index contributed by atoms with van der Waals surface area (Å²) in [5.74, 6) is -1.03. The molecule has 0 bridgehead atoms. The molecule has 1 amide bonds. The summed E-state index contributed by atoms with van der Waals surface area (Å²) < 4.78 is 5.40. The number of carboxylic acid groups (broad SMARTS) is 1. The van der Waals surface area contributed by atoms with Gasteiger partial charge in [-0.1, -0.05) is 37.5 Å². The molecule has 6 nitrogen and oxygen atoms in total. The Morgan fingerprint density at radius 3 is 2.46 bits per heavy atom. The van der Waals surface area contributed by atoms with Crippen LogP contribution >= 0.6 is 0 Å². The van der Waals surface area contributed by atoms with Crippen LogP contribution in [0.1, 0.15) is 42.6 Å². The van der Waals surface area contributed by atoms with Gasteiger partial charge in [0.2, 0.25) is 5.89 Å². The Kier molecular flexibility index (Phi) is 4.38. The highest BCUT2D eigenvalue weighted by molar-refractivity contribution is 5.96. The number of aliphatic carboxylic acids is 1. The Labute approximate surface area is 140 Å². The van der Waals surface area contributed by atoms with Gasteiger partial charge in [0.1, 0.15) is 11.8 Å². The van der Waals surface area contributed by atoms with E-state index in [0.717, 1.165) is 24.8 Å². The summed E-state index contributed by atoms with van der Waals surface area (Å²) in [6, 6.07) is 9.27. The van der Waals surface area contributed by atoms with E-state index in [1.807, 2.05) is 30.3 Å². The fraction of sp³-hybridized carbons (Fsp3) is 0.389. The predicted molar refractivity (Wildman–Crippen MR) is 87.5 cm³/mol. The molecule has 2 aromatic rings. The number of likely N-dealkylation sites (N-methyl/N-ethyl adjacent to an activating group) is 1. The van der Waals surface area contributed by atoms with Gasteiger partial charge >= 0.3 is 5.97 Å². The van der Waals surface area contributed by atoms with Gasteiger partial charge < -0.3 is 14.4 Å². The Hall–Kier alpha value is -2.63. The number of nitrogens with zero attached hydrogens (tertiary/aromatic N) is 2. The lowest BCUT2D eigenvalue weighted by atomic mass is 9.80. The molecule has 1 aliphatic rings. The number of hydrogen-bond donors (Lipinski definition) is 1. The molecule has 6 heteroatoms. The molecule has 0 aliphatic heterocycles. The van der Waals surface area contributed by atoms with Crippen molar-refractivity contribution in [3.8, 4) is 11.5 Å². The van der Waals surface area contributed by atoms with Crippen molar-refractivity contribution in [3.63, 3.8) is 0 Å². The zero-order valence-electron chi connectivity index (χ0n) is 13.6. The summed E-state index contributed by atoms with van der Waals surface area (Å²) in [4.78, 5) is 30.1. The van der Waals surface area contributed by atoms with Gasteiger partial charge in [0.25, 0.3) is 5.91 Å². The van der Waals surface area contributed by atoms with Crippen LogP contribution in [-0.4, -0.2) is 39.5 Å². The lowest BCUT2D eigenvalue weighted by Gasteiger charge is -2.40. The van der Waals surface area contributed by atoms with Crippen molar-refractivity contribution >= 4 is 11.9 Å². The largest absolute Gasteiger partial charge is 0.479 e. The smallest absolute Gasteiger partial charge is 0.329 e. The van der Waals surface area contributed by atoms with Crippen molar-refractivity contribution in [2.45, 2.75) is 37.6 Å². The summed E-state index contributed by atoms with van der Waals surface area (Å²) >= 11 is 0. The molecule has 1 aromatic carbocycles. The minimum absolute atomic E-state index is 0.127. The second-order valence-corrected chi connectivity index (χ2v) is 6.17. The van der Waals surface area contributed by atoms with Gasteiger partial charge in [0.15, 0.2) is 5.69 Å². The number of carbonyl (C=O) groups excluding carboxylic acids is 1. The number of oxazole rings is 1. The highest BCUT2D eigenvalue weighted by atomic mass is 16.4. The lowest BCUT2D eigenvalue weighted by Crippen LogP contribution is -2.56. The second-order valence-electron chi connectivity index (χ2n) is 6.17. The van der Waals surface area contributed by atoms with E-state index in [1.165, 1.54) is 11.2 Å². The van der Waals surface area contributed by atoms with E-state index in [4.69, 9.17) is 4.42 Å². The number of hydrogen-bond acceptors (Lipinski definition) is 4. The molecule has 1 N–H and O–H groups in total. The predicted octanol–water partition coefficient (Wildman–Crippen LogP) is 3.20. The summed E-state index contributed by atoms with van der Waals surface area (Å²) in [7, 11) is 1.54. The molecule has 3 rings (SSSR count). The average Bonchev–Trinajstić information content (AvgIpc) is 3.12. The minimum atomic E-state index is -1.15. The molecule has 1 saturated carbocycles. The number of benzene rings is 1. The van der Waals surface area contributed by atoms with Crippen molar-refractivity contribution in [1.29, 1.82) is 0 Å². The third-order valence-electron chi connectivity index (χ3n) is 4.77. The first-order valence-electron chi connectivity index (χ1n) is 8.07. The van der Waals surface area contributed by atoms with Crippen LogP contribution in [0.25, 0.3) is 11.5 Å². The van der Waals surface area contributed by atoms with Crippen LogP contribution in [0.4, 0.5) is 0 Å². The van der Waals surface area contributed by atoms with Gasteiger partial charge in [0.05, 0.1) is 0 Å². The highest BCUT2D eigenvalue weighted by Gasteiger charge is 2.46. The fourth-order valence-electron chi connectivity index (χ4n) is 3.28. The zero-order chi connectivity index (χ0) is 17.2. The van der Waals surface area contributed by atoms with E-state index in [9.17, 15) is 14.7 Å². The van der Waals surface area contributed by atoms with Crippen molar-refractivity contribution in [3.05, 3.63) is 42.3 Å². The number of carbonyl (C=O) groups is 2. The van der Waals surface area contributed by atoms with Crippen molar-refractivity contribution in [1.82, 2.24) is 9.88 Å². The van der Waals surface area contributed by atoms with E-state index < -0.39 is 17.4 Å². The third kappa shape index (κ3) is 2.79. The molecule has 0 spiro atoms. The molecular weight excluding hydrogens is 308 g/mol. The molecule has 0 unspecified atom stereocenters. The van der Waals surface area contributed by atoms with E-state index in [-0.39, 0.29) is 5.69 Å². The Morgan fingerprint density at radius 2 is 1.83 bits per heavy atom. The molecule has 24 heavy (non-hydrogen) atoms. The molecule has 126 valence electrons. The van der Waals surface area contributed by atoms with Crippen LogP contribution in [0.3, 0.4) is 0 Å². The topological polar surface area (TPSA) is 83.6 Å². The average molecular weight is 328 g/mol. The molecule has 1 aliphatic carbocycles. The molecule has 1 heterocycles. The fourth-order valence-corrected chi connectivity index (χ4v) is 3.28. The number of rotatable bonds is 4. The summed E-state index contributed by atoms with van der Waals surface area (Å²) in [5.41, 5.74) is -0.256. The van der Waals surface area contributed by atoms with Crippen LogP contribution in [0.5, 0.6) is 0 Å². The zero-order valence-corrected chi connectivity index (χ0v) is 13.6. The van der Waals surface area contributed by atoms with Gasteiger partial charge in [0, 0.05) is 12.6 Å². The number of amides is 1. The second kappa shape index (κ2) is 6.47. The SMILES string of the molecule is CN(C(=O)c1coc(-c2ccccc2)n1)C1(C(=O)O)CCCCC1. The Morgan fingerprint density at radius 1 is 1.17 bits per heavy atom. The van der Waals surface area contributed by atoms with E-state index in [1.54, 1.807) is 7.05 Å². The summed E-state index contributed by atoms with van der Waals surface area (Å²) in [6.07, 6.45) is 4.83. The maximum absolute atomic E-state index is 12.7. The lowest BCUT2D eigenvalue weighted by molar-refractivity contribution is -0.151. The molecule has 0 radical (unpaired) electrons. The normalized spacial score (nSPS) is 16.5. The van der Waals surface area contributed by atoms with Gasteiger partial charge in [-0.3, -0.25) is 4.79 Å².